The number of amides is 1. The molecule has 0 saturated carbocycles. The zero-order chi connectivity index (χ0) is 21.5. The monoisotopic (exact) mass is 416 g/mol. The minimum atomic E-state index is -0.250. The summed E-state index contributed by atoms with van der Waals surface area (Å²) in [5, 5.41) is 11.3. The van der Waals surface area contributed by atoms with E-state index in [2.05, 4.69) is 20.6 Å². The van der Waals surface area contributed by atoms with E-state index in [1.54, 1.807) is 30.5 Å². The smallest absolute Gasteiger partial charge is 0.273 e. The highest BCUT2D eigenvalue weighted by Gasteiger charge is 2.18. The Labute approximate surface area is 180 Å². The SMILES string of the molecule is COc1ccc(Cn2cc(C(=O)N[C@@H](CCn3ccnc3)c3ccccc3)nn2)cc1. The van der Waals surface area contributed by atoms with Crippen LogP contribution >= 0.6 is 0 Å². The number of nitrogens with zero attached hydrogens (tertiary/aromatic N) is 5. The van der Waals surface area contributed by atoms with Crippen LogP contribution in [0.1, 0.15) is 34.1 Å². The molecule has 2 aromatic heterocycles. The van der Waals surface area contributed by atoms with E-state index in [0.29, 0.717) is 6.54 Å². The topological polar surface area (TPSA) is 86.9 Å². The number of carbonyl (C=O) groups excluding carboxylic acids is 1. The average Bonchev–Trinajstić information content (AvgIpc) is 3.50. The Kier molecular flexibility index (Phi) is 6.37. The fourth-order valence-corrected chi connectivity index (χ4v) is 3.33. The zero-order valence-corrected chi connectivity index (χ0v) is 17.3. The number of methoxy groups -OCH3 is 1. The van der Waals surface area contributed by atoms with Crippen LogP contribution in [0.25, 0.3) is 0 Å². The van der Waals surface area contributed by atoms with Crippen molar-refractivity contribution < 1.29 is 9.53 Å². The van der Waals surface area contributed by atoms with Crippen LogP contribution < -0.4 is 10.1 Å². The van der Waals surface area contributed by atoms with Gasteiger partial charge in [-0.1, -0.05) is 47.7 Å². The number of aryl methyl sites for hydroxylation is 1. The number of aromatic nitrogens is 5. The van der Waals surface area contributed by atoms with Crippen molar-refractivity contribution in [2.75, 3.05) is 7.11 Å². The van der Waals surface area contributed by atoms with E-state index in [1.165, 1.54) is 0 Å². The summed E-state index contributed by atoms with van der Waals surface area (Å²) in [7, 11) is 1.63. The first kappa shape index (κ1) is 20.3. The van der Waals surface area contributed by atoms with E-state index in [-0.39, 0.29) is 17.6 Å². The molecule has 1 amide bonds. The average molecular weight is 416 g/mol. The van der Waals surface area contributed by atoms with Crippen molar-refractivity contribution in [1.82, 2.24) is 29.9 Å². The number of benzene rings is 2. The zero-order valence-electron chi connectivity index (χ0n) is 17.3. The van der Waals surface area contributed by atoms with Gasteiger partial charge in [0.25, 0.3) is 5.91 Å². The summed E-state index contributed by atoms with van der Waals surface area (Å²) in [5.74, 6) is 0.547. The molecule has 8 heteroatoms. The van der Waals surface area contributed by atoms with Gasteiger partial charge in [-0.15, -0.1) is 5.10 Å². The van der Waals surface area contributed by atoms with E-state index in [9.17, 15) is 4.79 Å². The molecule has 2 aromatic carbocycles. The van der Waals surface area contributed by atoms with Crippen LogP contribution in [0.5, 0.6) is 5.75 Å². The Morgan fingerprint density at radius 3 is 2.65 bits per heavy atom. The second kappa shape index (κ2) is 9.71. The van der Waals surface area contributed by atoms with Gasteiger partial charge in [0.2, 0.25) is 0 Å². The molecule has 2 heterocycles. The number of ether oxygens (including phenoxy) is 1. The lowest BCUT2D eigenvalue weighted by molar-refractivity contribution is 0.0928. The molecule has 31 heavy (non-hydrogen) atoms. The molecule has 4 aromatic rings. The molecule has 0 fully saturated rings. The molecule has 1 N–H and O–H groups in total. The van der Waals surface area contributed by atoms with Crippen LogP contribution in [0.15, 0.2) is 79.5 Å². The summed E-state index contributed by atoms with van der Waals surface area (Å²) in [4.78, 5) is 17.0. The van der Waals surface area contributed by atoms with Gasteiger partial charge in [-0.05, 0) is 29.7 Å². The van der Waals surface area contributed by atoms with Crippen molar-refractivity contribution in [3.05, 3.63) is 96.3 Å². The van der Waals surface area contributed by atoms with Gasteiger partial charge < -0.3 is 14.6 Å². The van der Waals surface area contributed by atoms with Crippen LogP contribution in [-0.4, -0.2) is 37.6 Å². The molecule has 1 atom stereocenters. The third-order valence-corrected chi connectivity index (χ3v) is 5.02. The van der Waals surface area contributed by atoms with Gasteiger partial charge in [0.05, 0.1) is 32.2 Å². The van der Waals surface area contributed by atoms with Crippen LogP contribution in [0.3, 0.4) is 0 Å². The van der Waals surface area contributed by atoms with Gasteiger partial charge in [-0.3, -0.25) is 4.79 Å². The van der Waals surface area contributed by atoms with Crippen molar-refractivity contribution in [3.63, 3.8) is 0 Å². The number of hydrogen-bond acceptors (Lipinski definition) is 5. The molecule has 8 nitrogen and oxygen atoms in total. The Balaban J connectivity index is 1.43. The van der Waals surface area contributed by atoms with Crippen LogP contribution in [0.4, 0.5) is 0 Å². The standard InChI is InChI=1S/C23H24N6O2/c1-31-20-9-7-18(8-10-20)15-29-16-22(26-27-29)23(30)25-21(19-5-3-2-4-6-19)11-13-28-14-12-24-17-28/h2-10,12,14,16-17,21H,11,13,15H2,1H3,(H,25,30)/t21-/m0/s1. The predicted octanol–water partition coefficient (Wildman–Crippen LogP) is 3.09. The first-order chi connectivity index (χ1) is 15.2. The highest BCUT2D eigenvalue weighted by Crippen LogP contribution is 2.18. The van der Waals surface area contributed by atoms with Gasteiger partial charge in [0.1, 0.15) is 5.75 Å². The maximum atomic E-state index is 12.9. The van der Waals surface area contributed by atoms with E-state index in [0.717, 1.165) is 29.8 Å². The molecule has 0 spiro atoms. The first-order valence-corrected chi connectivity index (χ1v) is 10.1. The maximum Gasteiger partial charge on any atom is 0.273 e. The van der Waals surface area contributed by atoms with Crippen molar-refractivity contribution in [2.24, 2.45) is 0 Å². The lowest BCUT2D eigenvalue weighted by Gasteiger charge is -2.19. The third kappa shape index (κ3) is 5.36. The highest BCUT2D eigenvalue weighted by atomic mass is 16.5. The molecule has 0 saturated heterocycles. The predicted molar refractivity (Wildman–Crippen MR) is 116 cm³/mol. The number of hydrogen-bond donors (Lipinski definition) is 1. The van der Waals surface area contributed by atoms with Gasteiger partial charge in [0.15, 0.2) is 5.69 Å². The molecular weight excluding hydrogens is 392 g/mol. The second-order valence-corrected chi connectivity index (χ2v) is 7.18. The number of rotatable bonds is 9. The van der Waals surface area contributed by atoms with Crippen molar-refractivity contribution in [3.8, 4) is 5.75 Å². The molecule has 0 radical (unpaired) electrons. The van der Waals surface area contributed by atoms with Crippen LogP contribution in [0.2, 0.25) is 0 Å². The number of nitrogens with one attached hydrogen (secondary N) is 1. The lowest BCUT2D eigenvalue weighted by atomic mass is 10.0. The number of imidazole rings is 1. The van der Waals surface area contributed by atoms with Crippen LogP contribution in [-0.2, 0) is 13.1 Å². The minimum Gasteiger partial charge on any atom is -0.497 e. The van der Waals surface area contributed by atoms with Gasteiger partial charge in [-0.25, -0.2) is 9.67 Å². The molecular formula is C23H24N6O2. The Morgan fingerprint density at radius 1 is 1.13 bits per heavy atom. The Bertz CT molecular complexity index is 1090. The molecule has 0 aliphatic carbocycles. The normalized spacial score (nSPS) is 11.8. The van der Waals surface area contributed by atoms with Crippen molar-refractivity contribution >= 4 is 5.91 Å². The van der Waals surface area contributed by atoms with E-state index < -0.39 is 0 Å². The highest BCUT2D eigenvalue weighted by molar-refractivity contribution is 5.92. The van der Waals surface area contributed by atoms with Crippen molar-refractivity contribution in [2.45, 2.75) is 25.6 Å². The van der Waals surface area contributed by atoms with E-state index >= 15 is 0 Å². The van der Waals surface area contributed by atoms with Gasteiger partial charge >= 0.3 is 0 Å². The summed E-state index contributed by atoms with van der Waals surface area (Å²) in [6.07, 6.45) is 7.82. The van der Waals surface area contributed by atoms with E-state index in [4.69, 9.17) is 4.74 Å². The molecule has 0 aliphatic rings. The maximum absolute atomic E-state index is 12.9. The summed E-state index contributed by atoms with van der Waals surface area (Å²) >= 11 is 0. The number of carbonyl (C=O) groups is 1. The molecule has 4 rings (SSSR count). The summed E-state index contributed by atoms with van der Waals surface area (Å²) in [6.45, 7) is 1.26. The summed E-state index contributed by atoms with van der Waals surface area (Å²) < 4.78 is 8.82. The lowest BCUT2D eigenvalue weighted by Crippen LogP contribution is -2.29. The quantitative estimate of drug-likeness (QED) is 0.453. The summed E-state index contributed by atoms with van der Waals surface area (Å²) in [5.41, 5.74) is 2.37. The summed E-state index contributed by atoms with van der Waals surface area (Å²) in [6, 6.07) is 17.5. The van der Waals surface area contributed by atoms with Crippen LogP contribution in [0, 0.1) is 0 Å². The fourth-order valence-electron chi connectivity index (χ4n) is 3.33. The first-order valence-electron chi connectivity index (χ1n) is 10.1. The largest absolute Gasteiger partial charge is 0.497 e. The molecule has 0 unspecified atom stereocenters. The van der Waals surface area contributed by atoms with Gasteiger partial charge in [0, 0.05) is 18.9 Å². The van der Waals surface area contributed by atoms with Gasteiger partial charge in [-0.2, -0.15) is 0 Å². The molecule has 158 valence electrons. The Hall–Kier alpha value is -3.94. The fraction of sp³-hybridized carbons (Fsp3) is 0.217. The second-order valence-electron chi connectivity index (χ2n) is 7.18. The van der Waals surface area contributed by atoms with Crippen molar-refractivity contribution in [1.29, 1.82) is 0 Å². The molecule has 0 aliphatic heterocycles. The molecule has 0 bridgehead atoms. The Morgan fingerprint density at radius 2 is 1.94 bits per heavy atom. The van der Waals surface area contributed by atoms with E-state index in [1.807, 2.05) is 65.4 Å². The third-order valence-electron chi connectivity index (χ3n) is 5.02. The minimum absolute atomic E-state index is 0.150.